The molecule has 1 aromatic heterocycles. The molecule has 0 saturated heterocycles. The lowest BCUT2D eigenvalue weighted by Gasteiger charge is -2.06. The molecule has 0 aliphatic rings. The van der Waals surface area contributed by atoms with Crippen molar-refractivity contribution < 1.29 is 4.74 Å². The molecule has 0 bridgehead atoms. The van der Waals surface area contributed by atoms with Crippen molar-refractivity contribution in [2.24, 2.45) is 0 Å². The van der Waals surface area contributed by atoms with Gasteiger partial charge in [0.2, 0.25) is 0 Å². The number of anilines is 1. The van der Waals surface area contributed by atoms with E-state index in [1.54, 1.807) is 13.3 Å². The molecule has 0 saturated carbocycles. The lowest BCUT2D eigenvalue weighted by Crippen LogP contribution is -2.25. The molecular weight excluding hydrogens is 214 g/mol. The average Bonchev–Trinajstić information content (AvgIpc) is 2.26. The van der Waals surface area contributed by atoms with Gasteiger partial charge in [-0.3, -0.25) is 0 Å². The molecule has 0 unspecified atom stereocenters. The van der Waals surface area contributed by atoms with Gasteiger partial charge in [0.25, 0.3) is 0 Å². The average molecular weight is 230 g/mol. The summed E-state index contributed by atoms with van der Waals surface area (Å²) in [7, 11) is 1.69. The molecule has 5 heteroatoms. The maximum absolute atomic E-state index is 5.71. The Morgan fingerprint density at radius 3 is 2.87 bits per heavy atom. The van der Waals surface area contributed by atoms with Crippen LogP contribution in [0.1, 0.15) is 0 Å². The number of nitrogens with one attached hydrogen (secondary N) is 2. The van der Waals surface area contributed by atoms with Crippen LogP contribution < -0.4 is 10.6 Å². The van der Waals surface area contributed by atoms with Gasteiger partial charge in [-0.25, -0.2) is 4.98 Å². The van der Waals surface area contributed by atoms with E-state index in [4.69, 9.17) is 16.3 Å². The highest BCUT2D eigenvalue weighted by Gasteiger charge is 1.92. The number of hydrogen-bond donors (Lipinski definition) is 2. The summed E-state index contributed by atoms with van der Waals surface area (Å²) in [5, 5.41) is 7.05. The Hall–Kier alpha value is -0.840. The molecule has 0 radical (unpaired) electrons. The molecule has 0 fully saturated rings. The molecule has 0 aromatic carbocycles. The predicted molar refractivity (Wildman–Crippen MR) is 62.5 cm³/mol. The van der Waals surface area contributed by atoms with Gasteiger partial charge in [-0.05, 0) is 12.1 Å². The second-order valence-corrected chi connectivity index (χ2v) is 3.47. The first kappa shape index (κ1) is 12.2. The summed E-state index contributed by atoms with van der Waals surface area (Å²) in [6, 6.07) is 3.67. The molecular formula is C10H16ClN3O. The van der Waals surface area contributed by atoms with Gasteiger partial charge in [-0.1, -0.05) is 11.6 Å². The summed E-state index contributed by atoms with van der Waals surface area (Å²) in [6.45, 7) is 3.32. The van der Waals surface area contributed by atoms with Crippen LogP contribution in [-0.2, 0) is 4.74 Å². The minimum Gasteiger partial charge on any atom is -0.383 e. The molecule has 1 heterocycles. The van der Waals surface area contributed by atoms with Gasteiger partial charge in [0, 0.05) is 32.9 Å². The van der Waals surface area contributed by atoms with E-state index in [2.05, 4.69) is 15.6 Å². The fourth-order valence-electron chi connectivity index (χ4n) is 1.06. The summed E-state index contributed by atoms with van der Waals surface area (Å²) in [5.74, 6) is 0.841. The highest BCUT2D eigenvalue weighted by molar-refractivity contribution is 6.30. The van der Waals surface area contributed by atoms with Crippen LogP contribution >= 0.6 is 11.6 Å². The van der Waals surface area contributed by atoms with Crippen LogP contribution in [0.25, 0.3) is 0 Å². The highest BCUT2D eigenvalue weighted by Crippen LogP contribution is 2.08. The zero-order valence-corrected chi connectivity index (χ0v) is 9.55. The maximum atomic E-state index is 5.71. The Balaban J connectivity index is 2.07. The summed E-state index contributed by atoms with van der Waals surface area (Å²) < 4.78 is 4.91. The topological polar surface area (TPSA) is 46.2 Å². The molecule has 0 atom stereocenters. The van der Waals surface area contributed by atoms with Crippen molar-refractivity contribution in [1.29, 1.82) is 0 Å². The number of aromatic nitrogens is 1. The number of hydrogen-bond acceptors (Lipinski definition) is 4. The van der Waals surface area contributed by atoms with Crippen LogP contribution in [0.5, 0.6) is 0 Å². The van der Waals surface area contributed by atoms with Gasteiger partial charge >= 0.3 is 0 Å². The van der Waals surface area contributed by atoms with E-state index in [0.29, 0.717) is 5.02 Å². The first-order chi connectivity index (χ1) is 7.33. The van der Waals surface area contributed by atoms with Crippen LogP contribution in [0.4, 0.5) is 5.82 Å². The van der Waals surface area contributed by atoms with Crippen molar-refractivity contribution in [2.45, 2.75) is 0 Å². The number of halogens is 1. The lowest BCUT2D eigenvalue weighted by atomic mass is 10.4. The van der Waals surface area contributed by atoms with E-state index in [0.717, 1.165) is 32.1 Å². The molecule has 1 aromatic rings. The minimum atomic E-state index is 0.652. The molecule has 15 heavy (non-hydrogen) atoms. The SMILES string of the molecule is COCCNCCNc1ccc(Cl)cn1. The smallest absolute Gasteiger partial charge is 0.126 e. The molecule has 84 valence electrons. The molecule has 0 aliphatic carbocycles. The van der Waals surface area contributed by atoms with Crippen molar-refractivity contribution >= 4 is 17.4 Å². The Morgan fingerprint density at radius 1 is 1.33 bits per heavy atom. The van der Waals surface area contributed by atoms with E-state index < -0.39 is 0 Å². The van der Waals surface area contributed by atoms with Crippen molar-refractivity contribution in [1.82, 2.24) is 10.3 Å². The van der Waals surface area contributed by atoms with E-state index in [1.165, 1.54) is 0 Å². The minimum absolute atomic E-state index is 0.652. The van der Waals surface area contributed by atoms with Gasteiger partial charge in [0.15, 0.2) is 0 Å². The van der Waals surface area contributed by atoms with Crippen LogP contribution in [-0.4, -0.2) is 38.3 Å². The third-order valence-corrected chi connectivity index (χ3v) is 2.04. The van der Waals surface area contributed by atoms with Gasteiger partial charge in [-0.2, -0.15) is 0 Å². The van der Waals surface area contributed by atoms with Crippen LogP contribution in [0.2, 0.25) is 5.02 Å². The summed E-state index contributed by atoms with van der Waals surface area (Å²) in [6.07, 6.45) is 1.63. The maximum Gasteiger partial charge on any atom is 0.126 e. The Labute approximate surface area is 95.0 Å². The number of pyridine rings is 1. The molecule has 0 spiro atoms. The fraction of sp³-hybridized carbons (Fsp3) is 0.500. The zero-order valence-electron chi connectivity index (χ0n) is 8.79. The van der Waals surface area contributed by atoms with E-state index >= 15 is 0 Å². The number of rotatable bonds is 7. The van der Waals surface area contributed by atoms with Gasteiger partial charge in [0.05, 0.1) is 11.6 Å². The number of nitrogens with zero attached hydrogens (tertiary/aromatic N) is 1. The standard InChI is InChI=1S/C10H16ClN3O/c1-15-7-6-12-4-5-13-10-3-2-9(11)8-14-10/h2-3,8,12H,4-7H2,1H3,(H,13,14). The van der Waals surface area contributed by atoms with E-state index in [-0.39, 0.29) is 0 Å². The molecule has 2 N–H and O–H groups in total. The summed E-state index contributed by atoms with van der Waals surface area (Å²) in [4.78, 5) is 4.12. The molecule has 4 nitrogen and oxygen atoms in total. The van der Waals surface area contributed by atoms with Crippen molar-refractivity contribution in [2.75, 3.05) is 38.7 Å². The second-order valence-electron chi connectivity index (χ2n) is 3.03. The van der Waals surface area contributed by atoms with Crippen LogP contribution in [0.15, 0.2) is 18.3 Å². The third-order valence-electron chi connectivity index (χ3n) is 1.82. The summed E-state index contributed by atoms with van der Waals surface area (Å²) >= 11 is 5.71. The van der Waals surface area contributed by atoms with E-state index in [9.17, 15) is 0 Å². The first-order valence-corrected chi connectivity index (χ1v) is 5.26. The van der Waals surface area contributed by atoms with Gasteiger partial charge in [-0.15, -0.1) is 0 Å². The van der Waals surface area contributed by atoms with Crippen molar-refractivity contribution in [3.05, 3.63) is 23.4 Å². The lowest BCUT2D eigenvalue weighted by molar-refractivity contribution is 0.200. The van der Waals surface area contributed by atoms with Crippen LogP contribution in [0, 0.1) is 0 Å². The summed E-state index contributed by atoms with van der Waals surface area (Å²) in [5.41, 5.74) is 0. The first-order valence-electron chi connectivity index (χ1n) is 4.88. The molecule has 0 amide bonds. The van der Waals surface area contributed by atoms with Gasteiger partial charge < -0.3 is 15.4 Å². The van der Waals surface area contributed by atoms with Crippen molar-refractivity contribution in [3.8, 4) is 0 Å². The molecule has 1 rings (SSSR count). The van der Waals surface area contributed by atoms with Crippen LogP contribution in [0.3, 0.4) is 0 Å². The second kappa shape index (κ2) is 7.45. The number of methoxy groups -OCH3 is 1. The number of ether oxygens (including phenoxy) is 1. The zero-order chi connectivity index (χ0) is 10.9. The Kier molecular flexibility index (Phi) is 6.08. The monoisotopic (exact) mass is 229 g/mol. The fourth-order valence-corrected chi connectivity index (χ4v) is 1.17. The Bertz CT molecular complexity index is 266. The Morgan fingerprint density at radius 2 is 2.20 bits per heavy atom. The normalized spacial score (nSPS) is 10.3. The third kappa shape index (κ3) is 5.57. The highest BCUT2D eigenvalue weighted by atomic mass is 35.5. The van der Waals surface area contributed by atoms with Crippen molar-refractivity contribution in [3.63, 3.8) is 0 Å². The molecule has 0 aliphatic heterocycles. The van der Waals surface area contributed by atoms with Gasteiger partial charge in [0.1, 0.15) is 5.82 Å². The largest absolute Gasteiger partial charge is 0.383 e. The predicted octanol–water partition coefficient (Wildman–Crippen LogP) is 1.38. The quantitative estimate of drug-likeness (QED) is 0.694. The van der Waals surface area contributed by atoms with E-state index in [1.807, 2.05) is 12.1 Å².